The molecule has 0 aliphatic carbocycles. The summed E-state index contributed by atoms with van der Waals surface area (Å²) in [5.74, 6) is 0. The minimum absolute atomic E-state index is 0.222. The monoisotopic (exact) mass is 334 g/mol. The number of halogens is 1. The van der Waals surface area contributed by atoms with Crippen molar-refractivity contribution >= 4 is 35.1 Å². The zero-order valence-electron chi connectivity index (χ0n) is 12.6. The third-order valence-electron chi connectivity index (χ3n) is 3.36. The SMILES string of the molecule is CS[C@H](C)c1ccc(NC(=O)NCc2ccc(Cl)cc2)cc1. The molecular formula is C17H19ClN2OS. The number of hydrogen-bond donors (Lipinski definition) is 2. The van der Waals surface area contributed by atoms with Gasteiger partial charge in [-0.15, -0.1) is 0 Å². The zero-order valence-corrected chi connectivity index (χ0v) is 14.2. The fourth-order valence-corrected chi connectivity index (χ4v) is 2.49. The first-order valence-electron chi connectivity index (χ1n) is 7.00. The van der Waals surface area contributed by atoms with Gasteiger partial charge >= 0.3 is 6.03 Å². The normalized spacial score (nSPS) is 11.8. The van der Waals surface area contributed by atoms with Crippen LogP contribution in [0, 0.1) is 0 Å². The lowest BCUT2D eigenvalue weighted by molar-refractivity contribution is 0.251. The Balaban J connectivity index is 1.85. The number of thioether (sulfide) groups is 1. The standard InChI is InChI=1S/C17H19ClN2OS/c1-12(22-2)14-5-9-16(10-6-14)20-17(21)19-11-13-3-7-15(18)8-4-13/h3-10,12H,11H2,1-2H3,(H2,19,20,21)/t12-/m1/s1. The molecule has 0 aliphatic heterocycles. The molecule has 0 unspecified atom stereocenters. The van der Waals surface area contributed by atoms with Crippen LogP contribution in [0.2, 0.25) is 5.02 Å². The van der Waals surface area contributed by atoms with E-state index in [0.717, 1.165) is 11.3 Å². The van der Waals surface area contributed by atoms with E-state index >= 15 is 0 Å². The molecule has 0 aromatic heterocycles. The average molecular weight is 335 g/mol. The third-order valence-corrected chi connectivity index (χ3v) is 4.59. The highest BCUT2D eigenvalue weighted by Crippen LogP contribution is 2.26. The largest absolute Gasteiger partial charge is 0.334 e. The Morgan fingerprint density at radius 2 is 1.77 bits per heavy atom. The number of benzene rings is 2. The van der Waals surface area contributed by atoms with Gasteiger partial charge in [-0.2, -0.15) is 11.8 Å². The maximum atomic E-state index is 11.9. The molecule has 0 aliphatic rings. The van der Waals surface area contributed by atoms with Crippen molar-refractivity contribution in [3.8, 4) is 0 Å². The Kier molecular flexibility index (Phi) is 6.16. The molecule has 0 radical (unpaired) electrons. The summed E-state index contributed by atoms with van der Waals surface area (Å²) in [5, 5.41) is 6.78. The summed E-state index contributed by atoms with van der Waals surface area (Å²) in [6, 6.07) is 15.1. The number of carbonyl (C=O) groups is 1. The van der Waals surface area contributed by atoms with E-state index in [9.17, 15) is 4.79 Å². The van der Waals surface area contributed by atoms with Gasteiger partial charge in [0, 0.05) is 22.5 Å². The van der Waals surface area contributed by atoms with Crippen LogP contribution in [0.1, 0.15) is 23.3 Å². The molecule has 2 rings (SSSR count). The second kappa shape index (κ2) is 8.11. The fraction of sp³-hybridized carbons (Fsp3) is 0.235. The van der Waals surface area contributed by atoms with Crippen molar-refractivity contribution in [2.45, 2.75) is 18.7 Å². The molecule has 5 heteroatoms. The highest BCUT2D eigenvalue weighted by molar-refractivity contribution is 7.98. The van der Waals surface area contributed by atoms with E-state index in [4.69, 9.17) is 11.6 Å². The number of anilines is 1. The second-order valence-corrected chi connectivity index (χ2v) is 6.55. The smallest absolute Gasteiger partial charge is 0.319 e. The van der Waals surface area contributed by atoms with E-state index < -0.39 is 0 Å². The van der Waals surface area contributed by atoms with Gasteiger partial charge in [0.15, 0.2) is 0 Å². The van der Waals surface area contributed by atoms with E-state index in [2.05, 4.69) is 23.8 Å². The third kappa shape index (κ3) is 4.97. The quantitative estimate of drug-likeness (QED) is 0.800. The molecular weight excluding hydrogens is 316 g/mol. The summed E-state index contributed by atoms with van der Waals surface area (Å²) in [6.45, 7) is 2.62. The Labute approximate surface area is 140 Å². The highest BCUT2D eigenvalue weighted by atomic mass is 35.5. The number of amides is 2. The summed E-state index contributed by atoms with van der Waals surface area (Å²) in [7, 11) is 0. The van der Waals surface area contributed by atoms with Crippen LogP contribution in [0.3, 0.4) is 0 Å². The summed E-state index contributed by atoms with van der Waals surface area (Å²) >= 11 is 7.62. The average Bonchev–Trinajstić information content (AvgIpc) is 2.54. The maximum Gasteiger partial charge on any atom is 0.319 e. The molecule has 0 bridgehead atoms. The van der Waals surface area contributed by atoms with Gasteiger partial charge in [0.05, 0.1) is 0 Å². The molecule has 2 amide bonds. The highest BCUT2D eigenvalue weighted by Gasteiger charge is 2.05. The fourth-order valence-electron chi connectivity index (χ4n) is 1.93. The van der Waals surface area contributed by atoms with Gasteiger partial charge in [-0.05, 0) is 48.6 Å². The predicted molar refractivity (Wildman–Crippen MR) is 95.7 cm³/mol. The molecule has 116 valence electrons. The van der Waals surface area contributed by atoms with Crippen molar-refractivity contribution in [1.29, 1.82) is 0 Å². The van der Waals surface area contributed by atoms with Crippen LogP contribution in [0.5, 0.6) is 0 Å². The van der Waals surface area contributed by atoms with Crippen LogP contribution in [0.15, 0.2) is 48.5 Å². The van der Waals surface area contributed by atoms with Crippen LogP contribution in [0.25, 0.3) is 0 Å². The van der Waals surface area contributed by atoms with Crippen LogP contribution >= 0.6 is 23.4 Å². The van der Waals surface area contributed by atoms with E-state index in [1.165, 1.54) is 5.56 Å². The molecule has 3 nitrogen and oxygen atoms in total. The number of rotatable bonds is 5. The molecule has 22 heavy (non-hydrogen) atoms. The first-order valence-corrected chi connectivity index (χ1v) is 8.67. The van der Waals surface area contributed by atoms with Crippen LogP contribution in [0.4, 0.5) is 10.5 Å². The number of hydrogen-bond acceptors (Lipinski definition) is 2. The van der Waals surface area contributed by atoms with Crippen molar-refractivity contribution < 1.29 is 4.79 Å². The maximum absolute atomic E-state index is 11.9. The topological polar surface area (TPSA) is 41.1 Å². The minimum atomic E-state index is -0.222. The van der Waals surface area contributed by atoms with E-state index in [0.29, 0.717) is 16.8 Å². The second-order valence-electron chi connectivity index (χ2n) is 4.93. The number of carbonyl (C=O) groups excluding carboxylic acids is 1. The summed E-state index contributed by atoms with van der Waals surface area (Å²) < 4.78 is 0. The lowest BCUT2D eigenvalue weighted by Gasteiger charge is -2.11. The van der Waals surface area contributed by atoms with Crippen molar-refractivity contribution in [3.63, 3.8) is 0 Å². The Morgan fingerprint density at radius 3 is 2.36 bits per heavy atom. The molecule has 1 atom stereocenters. The molecule has 0 heterocycles. The summed E-state index contributed by atoms with van der Waals surface area (Å²) in [6.07, 6.45) is 2.08. The first kappa shape index (κ1) is 16.7. The van der Waals surface area contributed by atoms with Gasteiger partial charge < -0.3 is 10.6 Å². The van der Waals surface area contributed by atoms with Gasteiger partial charge in [0.25, 0.3) is 0 Å². The molecule has 2 N–H and O–H groups in total. The molecule has 2 aromatic rings. The van der Waals surface area contributed by atoms with Gasteiger partial charge in [-0.1, -0.05) is 35.9 Å². The predicted octanol–water partition coefficient (Wildman–Crippen LogP) is 5.09. The van der Waals surface area contributed by atoms with Crippen LogP contribution in [-0.4, -0.2) is 12.3 Å². The van der Waals surface area contributed by atoms with Crippen molar-refractivity contribution in [3.05, 3.63) is 64.7 Å². The van der Waals surface area contributed by atoms with Crippen molar-refractivity contribution in [2.24, 2.45) is 0 Å². The van der Waals surface area contributed by atoms with Crippen molar-refractivity contribution in [2.75, 3.05) is 11.6 Å². The Hall–Kier alpha value is -1.65. The lowest BCUT2D eigenvalue weighted by Crippen LogP contribution is -2.28. The lowest BCUT2D eigenvalue weighted by atomic mass is 10.1. The minimum Gasteiger partial charge on any atom is -0.334 e. The Morgan fingerprint density at radius 1 is 1.14 bits per heavy atom. The van der Waals surface area contributed by atoms with E-state index in [-0.39, 0.29) is 6.03 Å². The molecule has 0 fully saturated rings. The Bertz CT molecular complexity index is 614. The van der Waals surface area contributed by atoms with Gasteiger partial charge in [-0.25, -0.2) is 4.79 Å². The molecule has 0 saturated carbocycles. The number of nitrogens with one attached hydrogen (secondary N) is 2. The molecule has 0 saturated heterocycles. The van der Waals surface area contributed by atoms with Crippen LogP contribution < -0.4 is 10.6 Å². The van der Waals surface area contributed by atoms with E-state index in [1.807, 2.05) is 48.5 Å². The first-order chi connectivity index (χ1) is 10.6. The molecule has 2 aromatic carbocycles. The number of urea groups is 1. The zero-order chi connectivity index (χ0) is 15.9. The van der Waals surface area contributed by atoms with Gasteiger partial charge in [0.2, 0.25) is 0 Å². The van der Waals surface area contributed by atoms with Gasteiger partial charge in [-0.3, -0.25) is 0 Å². The molecule has 0 spiro atoms. The van der Waals surface area contributed by atoms with E-state index in [1.54, 1.807) is 11.8 Å². The van der Waals surface area contributed by atoms with Gasteiger partial charge in [0.1, 0.15) is 0 Å². The summed E-state index contributed by atoms with van der Waals surface area (Å²) in [5.41, 5.74) is 3.04. The van der Waals surface area contributed by atoms with Crippen LogP contribution in [-0.2, 0) is 6.54 Å². The van der Waals surface area contributed by atoms with Crippen molar-refractivity contribution in [1.82, 2.24) is 5.32 Å². The summed E-state index contributed by atoms with van der Waals surface area (Å²) in [4.78, 5) is 11.9.